The maximum Gasteiger partial charge on any atom is 0.227 e. The Balaban J connectivity index is 0. The molecule has 0 aromatic rings. The largest absolute Gasteiger partial charge is 0.353 e. The molecule has 1 saturated carbocycles. The fraction of sp³-hybridized carbons (Fsp3) is 0.812. The van der Waals surface area contributed by atoms with E-state index in [4.69, 9.17) is 0 Å². The van der Waals surface area contributed by atoms with Crippen molar-refractivity contribution in [2.24, 2.45) is 5.92 Å². The smallest absolute Gasteiger partial charge is 0.227 e. The number of carbonyl (C=O) groups is 1. The average Bonchev–Trinajstić information content (AvgIpc) is 2.43. The lowest BCUT2D eigenvalue weighted by Gasteiger charge is -2.24. The predicted molar refractivity (Wildman–Crippen MR) is 81.7 cm³/mol. The molecular formula is C16H33NO. The molecule has 2 nitrogen and oxygen atoms in total. The molecule has 0 aromatic heterocycles. The molecule has 2 heteroatoms. The van der Waals surface area contributed by atoms with Crippen molar-refractivity contribution in [2.75, 3.05) is 0 Å². The van der Waals surface area contributed by atoms with E-state index < -0.39 is 0 Å². The zero-order valence-electron chi connectivity index (χ0n) is 13.3. The van der Waals surface area contributed by atoms with Gasteiger partial charge in [0.1, 0.15) is 0 Å². The lowest BCUT2D eigenvalue weighted by molar-refractivity contribution is -0.124. The summed E-state index contributed by atoms with van der Waals surface area (Å²) in [7, 11) is 0. The van der Waals surface area contributed by atoms with Crippen molar-refractivity contribution >= 4 is 5.91 Å². The standard InChI is InChI=1S/C12H21NO.2C2H6/c1-9(2)10(3)12(14)13-11-7-5-4-6-8-11;2*1-2/h10-11H,1,4-8H2,2-3H3,(H,13,14);2*1-2H3. The maximum absolute atomic E-state index is 11.7. The summed E-state index contributed by atoms with van der Waals surface area (Å²) < 4.78 is 0. The third kappa shape index (κ3) is 8.32. The minimum Gasteiger partial charge on any atom is -0.353 e. The first-order chi connectivity index (χ1) is 8.61. The van der Waals surface area contributed by atoms with Crippen LogP contribution in [0.5, 0.6) is 0 Å². The van der Waals surface area contributed by atoms with Gasteiger partial charge in [-0.3, -0.25) is 4.79 Å². The van der Waals surface area contributed by atoms with Gasteiger partial charge in [-0.2, -0.15) is 0 Å². The number of nitrogens with one attached hydrogen (secondary N) is 1. The van der Waals surface area contributed by atoms with Crippen molar-refractivity contribution in [2.45, 2.75) is 79.7 Å². The van der Waals surface area contributed by atoms with E-state index in [9.17, 15) is 4.79 Å². The van der Waals surface area contributed by atoms with Gasteiger partial charge in [0, 0.05) is 6.04 Å². The van der Waals surface area contributed by atoms with Crippen molar-refractivity contribution in [3.63, 3.8) is 0 Å². The van der Waals surface area contributed by atoms with Crippen LogP contribution in [0, 0.1) is 5.92 Å². The predicted octanol–water partition coefficient (Wildman–Crippen LogP) is 4.70. The normalized spacial score (nSPS) is 16.3. The van der Waals surface area contributed by atoms with Gasteiger partial charge >= 0.3 is 0 Å². The Labute approximate surface area is 114 Å². The molecule has 1 fully saturated rings. The van der Waals surface area contributed by atoms with Crippen molar-refractivity contribution in [1.29, 1.82) is 0 Å². The van der Waals surface area contributed by atoms with Gasteiger partial charge in [-0.1, -0.05) is 59.1 Å². The molecule has 0 heterocycles. The molecule has 1 N–H and O–H groups in total. The molecule has 1 rings (SSSR count). The first kappa shape index (κ1) is 19.5. The molecule has 0 aromatic carbocycles. The molecule has 1 aliphatic carbocycles. The Bertz CT molecular complexity index is 217. The second-order valence-electron chi connectivity index (χ2n) is 4.41. The summed E-state index contributed by atoms with van der Waals surface area (Å²) in [5.74, 6) is 0.0985. The van der Waals surface area contributed by atoms with E-state index in [1.54, 1.807) is 0 Å². The van der Waals surface area contributed by atoms with Gasteiger partial charge in [0.15, 0.2) is 0 Å². The van der Waals surface area contributed by atoms with Gasteiger partial charge in [-0.25, -0.2) is 0 Å². The van der Waals surface area contributed by atoms with E-state index in [2.05, 4.69) is 11.9 Å². The molecular weight excluding hydrogens is 222 g/mol. The van der Waals surface area contributed by atoms with Crippen molar-refractivity contribution in [3.8, 4) is 0 Å². The minimum absolute atomic E-state index is 0.0445. The number of amides is 1. The van der Waals surface area contributed by atoms with Crippen LogP contribution in [0.1, 0.15) is 73.6 Å². The SMILES string of the molecule is C=C(C)C(C)C(=O)NC1CCCCC1.CC.CC. The summed E-state index contributed by atoms with van der Waals surface area (Å²) in [5, 5.41) is 3.10. The average molecular weight is 255 g/mol. The third-order valence-electron chi connectivity index (χ3n) is 3.08. The summed E-state index contributed by atoms with van der Waals surface area (Å²) in [6, 6.07) is 0.415. The quantitative estimate of drug-likeness (QED) is 0.728. The third-order valence-corrected chi connectivity index (χ3v) is 3.08. The molecule has 1 amide bonds. The van der Waals surface area contributed by atoms with Gasteiger partial charge in [-0.05, 0) is 26.7 Å². The van der Waals surface area contributed by atoms with Crippen molar-refractivity contribution < 1.29 is 4.79 Å². The lowest BCUT2D eigenvalue weighted by Crippen LogP contribution is -2.39. The van der Waals surface area contributed by atoms with E-state index in [0.717, 1.165) is 18.4 Å². The monoisotopic (exact) mass is 255 g/mol. The van der Waals surface area contributed by atoms with Gasteiger partial charge in [0.05, 0.1) is 5.92 Å². The summed E-state index contributed by atoms with van der Waals surface area (Å²) in [4.78, 5) is 11.7. The van der Waals surface area contributed by atoms with Gasteiger partial charge in [-0.15, -0.1) is 0 Å². The van der Waals surface area contributed by atoms with Crippen LogP contribution in [0.15, 0.2) is 12.2 Å². The summed E-state index contributed by atoms with van der Waals surface area (Å²) in [6.45, 7) is 15.6. The van der Waals surface area contributed by atoms with E-state index in [1.165, 1.54) is 19.3 Å². The molecule has 1 aliphatic rings. The van der Waals surface area contributed by atoms with Crippen LogP contribution in [0.4, 0.5) is 0 Å². The highest BCUT2D eigenvalue weighted by atomic mass is 16.1. The fourth-order valence-corrected chi connectivity index (χ4v) is 1.80. The lowest BCUT2D eigenvalue weighted by atomic mass is 9.94. The number of carbonyl (C=O) groups excluding carboxylic acids is 1. The van der Waals surface area contributed by atoms with Crippen LogP contribution in [0.3, 0.4) is 0 Å². The first-order valence-electron chi connectivity index (χ1n) is 7.57. The highest BCUT2D eigenvalue weighted by Crippen LogP contribution is 2.18. The summed E-state index contributed by atoms with van der Waals surface area (Å²) >= 11 is 0. The van der Waals surface area contributed by atoms with E-state index in [1.807, 2.05) is 41.5 Å². The maximum atomic E-state index is 11.7. The fourth-order valence-electron chi connectivity index (χ4n) is 1.80. The topological polar surface area (TPSA) is 29.1 Å². The molecule has 0 spiro atoms. The molecule has 1 unspecified atom stereocenters. The highest BCUT2D eigenvalue weighted by molar-refractivity contribution is 5.81. The van der Waals surface area contributed by atoms with Crippen LogP contribution < -0.4 is 5.32 Å². The zero-order chi connectivity index (χ0) is 14.6. The van der Waals surface area contributed by atoms with Crippen molar-refractivity contribution in [1.82, 2.24) is 5.32 Å². The summed E-state index contributed by atoms with van der Waals surface area (Å²) in [5.41, 5.74) is 0.943. The Morgan fingerprint density at radius 3 is 1.94 bits per heavy atom. The molecule has 1 atom stereocenters. The van der Waals surface area contributed by atoms with E-state index in [0.29, 0.717) is 6.04 Å². The summed E-state index contributed by atoms with van der Waals surface area (Å²) in [6.07, 6.45) is 6.13. The van der Waals surface area contributed by atoms with E-state index >= 15 is 0 Å². The first-order valence-corrected chi connectivity index (χ1v) is 7.57. The van der Waals surface area contributed by atoms with Crippen LogP contribution in [0.25, 0.3) is 0 Å². The molecule has 0 bridgehead atoms. The molecule has 18 heavy (non-hydrogen) atoms. The van der Waals surface area contributed by atoms with Crippen molar-refractivity contribution in [3.05, 3.63) is 12.2 Å². The Morgan fingerprint density at radius 2 is 1.56 bits per heavy atom. The van der Waals surface area contributed by atoms with Gasteiger partial charge in [0.2, 0.25) is 5.91 Å². The zero-order valence-corrected chi connectivity index (χ0v) is 13.3. The molecule has 0 radical (unpaired) electrons. The Kier molecular flexibility index (Phi) is 13.7. The van der Waals surface area contributed by atoms with Gasteiger partial charge < -0.3 is 5.32 Å². The van der Waals surface area contributed by atoms with Gasteiger partial charge in [0.25, 0.3) is 0 Å². The number of hydrogen-bond donors (Lipinski definition) is 1. The molecule has 0 aliphatic heterocycles. The Morgan fingerprint density at radius 1 is 1.11 bits per heavy atom. The van der Waals surface area contributed by atoms with Crippen LogP contribution in [-0.2, 0) is 4.79 Å². The second-order valence-corrected chi connectivity index (χ2v) is 4.41. The van der Waals surface area contributed by atoms with Crippen LogP contribution >= 0.6 is 0 Å². The second kappa shape index (κ2) is 12.7. The molecule has 0 saturated heterocycles. The molecule has 108 valence electrons. The van der Waals surface area contributed by atoms with Crippen LogP contribution in [0.2, 0.25) is 0 Å². The van der Waals surface area contributed by atoms with E-state index in [-0.39, 0.29) is 11.8 Å². The number of rotatable bonds is 3. The Hall–Kier alpha value is -0.790. The van der Waals surface area contributed by atoms with Crippen LogP contribution in [-0.4, -0.2) is 11.9 Å². The highest BCUT2D eigenvalue weighted by Gasteiger charge is 2.19. The minimum atomic E-state index is -0.0445. The number of hydrogen-bond acceptors (Lipinski definition) is 1.